The van der Waals surface area contributed by atoms with Crippen molar-refractivity contribution >= 4 is 34.2 Å². The van der Waals surface area contributed by atoms with E-state index in [1.54, 1.807) is 0 Å². The average Bonchev–Trinajstić information content (AvgIpc) is 2.41. The molecule has 0 saturated heterocycles. The van der Waals surface area contributed by atoms with Gasteiger partial charge in [0.15, 0.2) is 6.61 Å². The van der Waals surface area contributed by atoms with E-state index in [1.807, 2.05) is 25.1 Å². The molecule has 0 atom stereocenters. The van der Waals surface area contributed by atoms with Gasteiger partial charge in [0.05, 0.1) is 0 Å². The van der Waals surface area contributed by atoms with Gasteiger partial charge in [0.2, 0.25) is 0 Å². The molecule has 3 N–H and O–H groups in total. The number of ether oxygens (including phenoxy) is 2. The highest BCUT2D eigenvalue weighted by Crippen LogP contribution is 2.23. The zero-order chi connectivity index (χ0) is 14.8. The van der Waals surface area contributed by atoms with E-state index in [-0.39, 0.29) is 19.0 Å². The highest BCUT2D eigenvalue weighted by atomic mass is 79.9. The summed E-state index contributed by atoms with van der Waals surface area (Å²) in [5.41, 5.74) is 6.07. The SMILES string of the molecule is CCOCCCNCc1cc(Br)ccc1OCC(N)=O.Cl. The van der Waals surface area contributed by atoms with Gasteiger partial charge >= 0.3 is 0 Å². The first-order valence-electron chi connectivity index (χ1n) is 6.61. The van der Waals surface area contributed by atoms with E-state index >= 15 is 0 Å². The summed E-state index contributed by atoms with van der Waals surface area (Å²) in [5.74, 6) is 0.188. The molecule has 21 heavy (non-hydrogen) atoms. The predicted molar refractivity (Wildman–Crippen MR) is 88.9 cm³/mol. The first-order chi connectivity index (χ1) is 9.63. The van der Waals surface area contributed by atoms with E-state index in [9.17, 15) is 4.79 Å². The smallest absolute Gasteiger partial charge is 0.255 e. The van der Waals surface area contributed by atoms with Gasteiger partial charge in [-0.1, -0.05) is 15.9 Å². The van der Waals surface area contributed by atoms with E-state index < -0.39 is 5.91 Å². The normalized spacial score (nSPS) is 10.0. The summed E-state index contributed by atoms with van der Waals surface area (Å²) >= 11 is 3.42. The zero-order valence-electron chi connectivity index (χ0n) is 12.1. The van der Waals surface area contributed by atoms with Gasteiger partial charge in [-0.15, -0.1) is 12.4 Å². The van der Waals surface area contributed by atoms with Crippen molar-refractivity contribution < 1.29 is 14.3 Å². The molecule has 0 bridgehead atoms. The fourth-order valence-corrected chi connectivity index (χ4v) is 2.05. The maximum absolute atomic E-state index is 10.8. The van der Waals surface area contributed by atoms with Gasteiger partial charge in [0.1, 0.15) is 5.75 Å². The van der Waals surface area contributed by atoms with E-state index in [1.165, 1.54) is 0 Å². The molecule has 0 aromatic heterocycles. The molecule has 0 radical (unpaired) electrons. The van der Waals surface area contributed by atoms with Crippen LogP contribution in [0.3, 0.4) is 0 Å². The van der Waals surface area contributed by atoms with Crippen LogP contribution in [0.2, 0.25) is 0 Å². The molecule has 0 aliphatic heterocycles. The lowest BCUT2D eigenvalue weighted by atomic mass is 10.2. The molecule has 0 saturated carbocycles. The third-order valence-electron chi connectivity index (χ3n) is 2.55. The Kier molecular flexibility index (Phi) is 11.3. The summed E-state index contributed by atoms with van der Waals surface area (Å²) in [4.78, 5) is 10.8. The maximum Gasteiger partial charge on any atom is 0.255 e. The van der Waals surface area contributed by atoms with Crippen molar-refractivity contribution in [2.24, 2.45) is 5.73 Å². The predicted octanol–water partition coefficient (Wildman–Crippen LogP) is 2.25. The molecule has 0 spiro atoms. The van der Waals surface area contributed by atoms with Gasteiger partial charge < -0.3 is 20.5 Å². The molecule has 1 aromatic carbocycles. The Morgan fingerprint density at radius 1 is 1.43 bits per heavy atom. The highest BCUT2D eigenvalue weighted by Gasteiger charge is 2.06. The van der Waals surface area contributed by atoms with Gasteiger partial charge in [0.25, 0.3) is 5.91 Å². The lowest BCUT2D eigenvalue weighted by molar-refractivity contribution is -0.119. The number of halogens is 2. The summed E-state index contributed by atoms with van der Waals surface area (Å²) in [6.45, 7) is 4.90. The van der Waals surface area contributed by atoms with Crippen LogP contribution in [-0.2, 0) is 16.1 Å². The number of primary amides is 1. The van der Waals surface area contributed by atoms with Crippen molar-refractivity contribution in [1.82, 2.24) is 5.32 Å². The van der Waals surface area contributed by atoms with Crippen molar-refractivity contribution in [3.63, 3.8) is 0 Å². The first-order valence-corrected chi connectivity index (χ1v) is 7.40. The Morgan fingerprint density at radius 2 is 2.19 bits per heavy atom. The number of carbonyl (C=O) groups is 1. The standard InChI is InChI=1S/C14H21BrN2O3.ClH/c1-2-19-7-3-6-17-9-11-8-12(15)4-5-13(11)20-10-14(16)18;/h4-5,8,17H,2-3,6-7,9-10H2,1H3,(H2,16,18);1H. The van der Waals surface area contributed by atoms with Crippen LogP contribution in [-0.4, -0.2) is 32.3 Å². The van der Waals surface area contributed by atoms with Crippen LogP contribution in [0.5, 0.6) is 5.75 Å². The monoisotopic (exact) mass is 380 g/mol. The molecule has 1 aromatic rings. The van der Waals surface area contributed by atoms with E-state index in [2.05, 4.69) is 21.2 Å². The second-order valence-corrected chi connectivity index (χ2v) is 5.15. The molecule has 0 aliphatic carbocycles. The molecular weight excluding hydrogens is 360 g/mol. The zero-order valence-corrected chi connectivity index (χ0v) is 14.5. The topological polar surface area (TPSA) is 73.6 Å². The quantitative estimate of drug-likeness (QED) is 0.610. The molecule has 0 unspecified atom stereocenters. The van der Waals surface area contributed by atoms with Gasteiger partial charge in [-0.3, -0.25) is 4.79 Å². The van der Waals surface area contributed by atoms with Crippen LogP contribution in [0.1, 0.15) is 18.9 Å². The van der Waals surface area contributed by atoms with Crippen molar-refractivity contribution in [1.29, 1.82) is 0 Å². The summed E-state index contributed by atoms with van der Waals surface area (Å²) in [6.07, 6.45) is 0.958. The van der Waals surface area contributed by atoms with E-state index in [4.69, 9.17) is 15.2 Å². The summed E-state index contributed by atoms with van der Waals surface area (Å²) < 4.78 is 11.6. The Balaban J connectivity index is 0.00000400. The van der Waals surface area contributed by atoms with Crippen LogP contribution < -0.4 is 15.8 Å². The lowest BCUT2D eigenvalue weighted by Crippen LogP contribution is -2.21. The number of nitrogens with one attached hydrogen (secondary N) is 1. The minimum Gasteiger partial charge on any atom is -0.483 e. The average molecular weight is 382 g/mol. The van der Waals surface area contributed by atoms with Crippen molar-refractivity contribution in [2.45, 2.75) is 19.9 Å². The fourth-order valence-electron chi connectivity index (χ4n) is 1.64. The number of carbonyl (C=O) groups excluding carboxylic acids is 1. The van der Waals surface area contributed by atoms with Crippen LogP contribution in [0.25, 0.3) is 0 Å². The number of nitrogens with two attached hydrogens (primary N) is 1. The minimum atomic E-state index is -0.483. The number of benzene rings is 1. The number of amides is 1. The Bertz CT molecular complexity index is 433. The molecule has 0 fully saturated rings. The van der Waals surface area contributed by atoms with Crippen molar-refractivity contribution in [2.75, 3.05) is 26.4 Å². The third kappa shape index (κ3) is 8.93. The molecular formula is C14H22BrClN2O3. The second kappa shape index (κ2) is 11.8. The largest absolute Gasteiger partial charge is 0.483 e. The summed E-state index contributed by atoms with van der Waals surface area (Å²) in [6, 6.07) is 5.66. The van der Waals surface area contributed by atoms with Crippen LogP contribution in [0, 0.1) is 0 Å². The molecule has 1 rings (SSSR count). The van der Waals surface area contributed by atoms with Gasteiger partial charge in [0, 0.05) is 29.8 Å². The Labute approximate surface area is 140 Å². The number of hydrogen-bond acceptors (Lipinski definition) is 4. The molecule has 7 heteroatoms. The molecule has 0 aliphatic rings. The second-order valence-electron chi connectivity index (χ2n) is 4.23. The van der Waals surface area contributed by atoms with Crippen LogP contribution in [0.15, 0.2) is 22.7 Å². The Hall–Kier alpha value is -0.820. The molecule has 0 heterocycles. The van der Waals surface area contributed by atoms with E-state index in [0.717, 1.165) is 36.2 Å². The highest BCUT2D eigenvalue weighted by molar-refractivity contribution is 9.10. The van der Waals surface area contributed by atoms with Gasteiger partial charge in [-0.2, -0.15) is 0 Å². The molecule has 120 valence electrons. The van der Waals surface area contributed by atoms with Gasteiger partial charge in [-0.25, -0.2) is 0 Å². The lowest BCUT2D eigenvalue weighted by Gasteiger charge is -2.12. The summed E-state index contributed by atoms with van der Waals surface area (Å²) in [5, 5.41) is 3.32. The maximum atomic E-state index is 10.8. The van der Waals surface area contributed by atoms with Gasteiger partial charge in [-0.05, 0) is 38.1 Å². The third-order valence-corrected chi connectivity index (χ3v) is 3.05. The van der Waals surface area contributed by atoms with Crippen molar-refractivity contribution in [3.05, 3.63) is 28.2 Å². The fraction of sp³-hybridized carbons (Fsp3) is 0.500. The van der Waals surface area contributed by atoms with Crippen LogP contribution >= 0.6 is 28.3 Å². The summed E-state index contributed by atoms with van der Waals surface area (Å²) in [7, 11) is 0. The molecule has 5 nitrogen and oxygen atoms in total. The first kappa shape index (κ1) is 20.2. The van der Waals surface area contributed by atoms with Crippen molar-refractivity contribution in [3.8, 4) is 5.75 Å². The van der Waals surface area contributed by atoms with E-state index in [0.29, 0.717) is 12.3 Å². The number of hydrogen-bond donors (Lipinski definition) is 2. The Morgan fingerprint density at radius 3 is 2.86 bits per heavy atom. The van der Waals surface area contributed by atoms with Crippen LogP contribution in [0.4, 0.5) is 0 Å². The minimum absolute atomic E-state index is 0. The molecule has 1 amide bonds. The number of rotatable bonds is 10.